The average Bonchev–Trinajstić information content (AvgIpc) is 2.57. The number of aromatic amines is 1. The van der Waals surface area contributed by atoms with Gasteiger partial charge in [-0.3, -0.25) is 19.4 Å². The number of aromatic nitrogens is 2. The molecule has 0 saturated carbocycles. The Balaban J connectivity index is 2.42. The molecule has 7 N–H and O–H groups in total. The van der Waals surface area contributed by atoms with Gasteiger partial charge in [-0.1, -0.05) is 13.0 Å². The molecule has 0 aliphatic heterocycles. The van der Waals surface area contributed by atoms with Crippen molar-refractivity contribution in [3.8, 4) is 5.75 Å². The molecular formula is C16H17F3N6O4. The Morgan fingerprint density at radius 2 is 2.00 bits per heavy atom. The van der Waals surface area contributed by atoms with Gasteiger partial charge in [-0.2, -0.15) is 4.98 Å². The highest BCUT2D eigenvalue weighted by Crippen LogP contribution is 2.27. The standard InChI is InChI=1S/C16H17F3N6O4/c1-2-9(11(20)26)23-15-24-13(10(12(21)27)14(28)25-15)22-7-4-3-5-8(6-7)29-16(17,18)19/h3-6,9H,2H2,1H3,(H2,20,26)(H2,21,27)(H3,22,23,24,25,28)/t9-/m1/s1. The number of ether oxygens (including phenoxy) is 1. The van der Waals surface area contributed by atoms with Crippen LogP contribution in [-0.4, -0.2) is 34.2 Å². The molecule has 0 unspecified atom stereocenters. The van der Waals surface area contributed by atoms with Gasteiger partial charge in [-0.25, -0.2) is 0 Å². The Morgan fingerprint density at radius 3 is 2.55 bits per heavy atom. The lowest BCUT2D eigenvalue weighted by molar-refractivity contribution is -0.274. The summed E-state index contributed by atoms with van der Waals surface area (Å²) in [6.07, 6.45) is -4.63. The zero-order chi connectivity index (χ0) is 21.8. The molecule has 0 aliphatic carbocycles. The molecule has 1 aromatic heterocycles. The molecule has 1 aromatic carbocycles. The van der Waals surface area contributed by atoms with Crippen molar-refractivity contribution in [3.63, 3.8) is 0 Å². The van der Waals surface area contributed by atoms with E-state index in [4.69, 9.17) is 11.5 Å². The lowest BCUT2D eigenvalue weighted by atomic mass is 10.2. The van der Waals surface area contributed by atoms with Gasteiger partial charge in [0.05, 0.1) is 0 Å². The number of nitrogens with one attached hydrogen (secondary N) is 3. The average molecular weight is 414 g/mol. The first kappa shape index (κ1) is 21.5. The number of carbonyl (C=O) groups is 2. The van der Waals surface area contributed by atoms with Crippen LogP contribution in [0.3, 0.4) is 0 Å². The minimum absolute atomic E-state index is 0.0280. The van der Waals surface area contributed by atoms with Crippen LogP contribution < -0.4 is 32.4 Å². The Kier molecular flexibility index (Phi) is 6.31. The number of H-pyrrole nitrogens is 1. The Bertz CT molecular complexity index is 976. The van der Waals surface area contributed by atoms with Gasteiger partial charge in [0.1, 0.15) is 17.4 Å². The number of nitrogens with zero attached hydrogens (tertiary/aromatic N) is 1. The summed E-state index contributed by atoms with van der Waals surface area (Å²) in [5.41, 5.74) is 8.96. The van der Waals surface area contributed by atoms with E-state index in [0.717, 1.165) is 12.1 Å². The van der Waals surface area contributed by atoms with Crippen LogP contribution in [0, 0.1) is 0 Å². The summed E-state index contributed by atoms with van der Waals surface area (Å²) in [7, 11) is 0. The number of halogens is 3. The number of hydrogen-bond donors (Lipinski definition) is 5. The Labute approximate surface area is 161 Å². The molecule has 13 heteroatoms. The predicted octanol–water partition coefficient (Wildman–Crippen LogP) is 1.19. The molecule has 0 radical (unpaired) electrons. The molecule has 2 rings (SSSR count). The molecule has 0 spiro atoms. The number of rotatable bonds is 8. The zero-order valence-corrected chi connectivity index (χ0v) is 15.0. The van der Waals surface area contributed by atoms with Crippen molar-refractivity contribution in [2.45, 2.75) is 25.7 Å². The molecule has 156 valence electrons. The van der Waals surface area contributed by atoms with Crippen LogP contribution in [0.5, 0.6) is 5.75 Å². The quantitative estimate of drug-likeness (QED) is 0.433. The highest BCUT2D eigenvalue weighted by molar-refractivity contribution is 5.98. The first-order chi connectivity index (χ1) is 13.5. The van der Waals surface area contributed by atoms with Crippen molar-refractivity contribution in [2.24, 2.45) is 11.5 Å². The monoisotopic (exact) mass is 414 g/mol. The van der Waals surface area contributed by atoms with Gasteiger partial charge in [0.15, 0.2) is 5.82 Å². The van der Waals surface area contributed by atoms with Crippen LogP contribution in [0.1, 0.15) is 23.7 Å². The Hall–Kier alpha value is -3.77. The largest absolute Gasteiger partial charge is 0.573 e. The Morgan fingerprint density at radius 1 is 1.31 bits per heavy atom. The normalized spacial score (nSPS) is 12.1. The van der Waals surface area contributed by atoms with Crippen molar-refractivity contribution >= 4 is 29.3 Å². The van der Waals surface area contributed by atoms with Crippen molar-refractivity contribution in [2.75, 3.05) is 10.6 Å². The van der Waals surface area contributed by atoms with Gasteiger partial charge < -0.3 is 26.8 Å². The van der Waals surface area contributed by atoms with Crippen LogP contribution >= 0.6 is 0 Å². The number of alkyl halides is 3. The van der Waals surface area contributed by atoms with Crippen LogP contribution in [0.4, 0.5) is 30.6 Å². The molecule has 10 nitrogen and oxygen atoms in total. The minimum Gasteiger partial charge on any atom is -0.406 e. The second-order valence-electron chi connectivity index (χ2n) is 5.71. The number of benzene rings is 1. The van der Waals surface area contributed by atoms with Crippen LogP contribution in [0.2, 0.25) is 0 Å². The van der Waals surface area contributed by atoms with E-state index in [0.29, 0.717) is 0 Å². The zero-order valence-electron chi connectivity index (χ0n) is 15.0. The van der Waals surface area contributed by atoms with Crippen molar-refractivity contribution in [3.05, 3.63) is 40.2 Å². The lowest BCUT2D eigenvalue weighted by Gasteiger charge is -2.16. The molecule has 0 aliphatic rings. The first-order valence-electron chi connectivity index (χ1n) is 8.13. The smallest absolute Gasteiger partial charge is 0.406 e. The van der Waals surface area contributed by atoms with Gasteiger partial charge in [0.25, 0.3) is 11.5 Å². The molecule has 29 heavy (non-hydrogen) atoms. The molecule has 0 saturated heterocycles. The van der Waals surface area contributed by atoms with Crippen molar-refractivity contribution in [1.29, 1.82) is 0 Å². The maximum atomic E-state index is 12.4. The SMILES string of the molecule is CC[C@@H](Nc1nc(Nc2cccc(OC(F)(F)F)c2)c(C(N)=O)c(=O)[nH]1)C(N)=O. The maximum Gasteiger partial charge on any atom is 0.573 e. The van der Waals surface area contributed by atoms with E-state index in [1.54, 1.807) is 6.92 Å². The molecule has 2 amide bonds. The summed E-state index contributed by atoms with van der Waals surface area (Å²) in [4.78, 5) is 41.4. The summed E-state index contributed by atoms with van der Waals surface area (Å²) in [5, 5.41) is 5.14. The summed E-state index contributed by atoms with van der Waals surface area (Å²) in [6, 6.07) is 3.77. The highest BCUT2D eigenvalue weighted by atomic mass is 19.4. The third kappa shape index (κ3) is 5.85. The number of hydrogen-bond acceptors (Lipinski definition) is 7. The van der Waals surface area contributed by atoms with E-state index in [9.17, 15) is 27.6 Å². The first-order valence-corrected chi connectivity index (χ1v) is 8.13. The van der Waals surface area contributed by atoms with Crippen LogP contribution in [0.25, 0.3) is 0 Å². The van der Waals surface area contributed by atoms with Gasteiger partial charge >= 0.3 is 6.36 Å². The summed E-state index contributed by atoms with van der Waals surface area (Å²) >= 11 is 0. The number of anilines is 3. The fourth-order valence-corrected chi connectivity index (χ4v) is 2.31. The van der Waals surface area contributed by atoms with Gasteiger partial charge in [0.2, 0.25) is 11.9 Å². The summed E-state index contributed by atoms with van der Waals surface area (Å²) < 4.78 is 41.0. The number of nitrogens with two attached hydrogens (primary N) is 2. The molecule has 0 bridgehead atoms. The van der Waals surface area contributed by atoms with Crippen molar-refractivity contribution < 1.29 is 27.5 Å². The maximum absolute atomic E-state index is 12.4. The number of primary amides is 2. The van der Waals surface area contributed by atoms with E-state index in [1.165, 1.54) is 12.1 Å². The predicted molar refractivity (Wildman–Crippen MR) is 96.7 cm³/mol. The van der Waals surface area contributed by atoms with E-state index >= 15 is 0 Å². The molecule has 1 heterocycles. The van der Waals surface area contributed by atoms with Crippen LogP contribution in [0.15, 0.2) is 29.1 Å². The number of carbonyl (C=O) groups excluding carboxylic acids is 2. The number of amides is 2. The molecule has 2 aromatic rings. The molecule has 1 atom stereocenters. The van der Waals surface area contributed by atoms with Gasteiger partial charge in [-0.05, 0) is 18.6 Å². The van der Waals surface area contributed by atoms with Gasteiger partial charge in [0, 0.05) is 11.8 Å². The summed E-state index contributed by atoms with van der Waals surface area (Å²) in [6.45, 7) is 1.66. The fourth-order valence-electron chi connectivity index (χ4n) is 2.31. The van der Waals surface area contributed by atoms with Gasteiger partial charge in [-0.15, -0.1) is 13.2 Å². The molecule has 0 fully saturated rings. The molecular weight excluding hydrogens is 397 g/mol. The fraction of sp³-hybridized carbons (Fsp3) is 0.250. The topological polar surface area (TPSA) is 165 Å². The van der Waals surface area contributed by atoms with E-state index in [2.05, 4.69) is 25.3 Å². The third-order valence-electron chi connectivity index (χ3n) is 3.56. The summed E-state index contributed by atoms with van der Waals surface area (Å²) in [5.74, 6) is -2.91. The lowest BCUT2D eigenvalue weighted by Crippen LogP contribution is -2.36. The minimum atomic E-state index is -4.90. The second kappa shape index (κ2) is 8.50. The highest BCUT2D eigenvalue weighted by Gasteiger charge is 2.31. The second-order valence-corrected chi connectivity index (χ2v) is 5.71. The van der Waals surface area contributed by atoms with E-state index < -0.39 is 41.1 Å². The third-order valence-corrected chi connectivity index (χ3v) is 3.56. The van der Waals surface area contributed by atoms with E-state index in [-0.39, 0.29) is 23.9 Å². The van der Waals surface area contributed by atoms with Crippen molar-refractivity contribution in [1.82, 2.24) is 9.97 Å². The van der Waals surface area contributed by atoms with Crippen LogP contribution in [-0.2, 0) is 4.79 Å². The van der Waals surface area contributed by atoms with E-state index in [1.807, 2.05) is 0 Å².